The molecule has 0 fully saturated rings. The monoisotopic (exact) mass is 282 g/mol. The number of rotatable bonds is 6. The Morgan fingerprint density at radius 1 is 1.37 bits per heavy atom. The van der Waals surface area contributed by atoms with E-state index in [0.29, 0.717) is 18.0 Å². The van der Waals surface area contributed by atoms with Crippen molar-refractivity contribution in [3.8, 4) is 0 Å². The summed E-state index contributed by atoms with van der Waals surface area (Å²) >= 11 is 5.91. The predicted octanol–water partition coefficient (Wildman–Crippen LogP) is 2.73. The topological polar surface area (TPSA) is 32.3 Å². The zero-order valence-corrected chi connectivity index (χ0v) is 12.9. The van der Waals surface area contributed by atoms with E-state index < -0.39 is 0 Å². The van der Waals surface area contributed by atoms with Crippen LogP contribution in [0.2, 0.25) is 5.02 Å². The van der Waals surface area contributed by atoms with Crippen molar-refractivity contribution in [2.45, 2.75) is 32.2 Å². The van der Waals surface area contributed by atoms with Crippen LogP contribution in [0.15, 0.2) is 24.3 Å². The van der Waals surface area contributed by atoms with Crippen molar-refractivity contribution in [2.24, 2.45) is 0 Å². The summed E-state index contributed by atoms with van der Waals surface area (Å²) in [6.45, 7) is 4.85. The third kappa shape index (κ3) is 5.62. The van der Waals surface area contributed by atoms with Crippen molar-refractivity contribution in [2.75, 3.05) is 20.6 Å². The highest BCUT2D eigenvalue weighted by atomic mass is 35.5. The molecule has 0 saturated carbocycles. The van der Waals surface area contributed by atoms with E-state index in [2.05, 4.69) is 24.1 Å². The van der Waals surface area contributed by atoms with E-state index in [9.17, 15) is 4.79 Å². The predicted molar refractivity (Wildman–Crippen MR) is 80.5 cm³/mol. The summed E-state index contributed by atoms with van der Waals surface area (Å²) in [6, 6.07) is 7.64. The Morgan fingerprint density at radius 3 is 2.63 bits per heavy atom. The smallest absolute Gasteiger partial charge is 0.220 e. The van der Waals surface area contributed by atoms with E-state index in [0.717, 1.165) is 12.0 Å². The maximum Gasteiger partial charge on any atom is 0.220 e. The van der Waals surface area contributed by atoms with E-state index in [1.54, 1.807) is 0 Å². The first-order valence-electron chi connectivity index (χ1n) is 6.50. The van der Waals surface area contributed by atoms with Crippen molar-refractivity contribution in [3.63, 3.8) is 0 Å². The lowest BCUT2D eigenvalue weighted by Crippen LogP contribution is -2.48. The van der Waals surface area contributed by atoms with Crippen LogP contribution in [-0.2, 0) is 11.2 Å². The van der Waals surface area contributed by atoms with Gasteiger partial charge in [-0.15, -0.1) is 0 Å². The molecule has 4 heteroatoms. The van der Waals surface area contributed by atoms with Gasteiger partial charge in [0.1, 0.15) is 0 Å². The Kier molecular flexibility index (Phi) is 5.83. The number of amides is 1. The van der Waals surface area contributed by atoms with E-state index in [1.807, 2.05) is 38.4 Å². The van der Waals surface area contributed by atoms with Crippen LogP contribution >= 0.6 is 11.6 Å². The van der Waals surface area contributed by atoms with Crippen LogP contribution in [0, 0.1) is 0 Å². The fraction of sp³-hybridized carbons (Fsp3) is 0.533. The Labute approximate surface area is 120 Å². The maximum atomic E-state index is 11.8. The van der Waals surface area contributed by atoms with Gasteiger partial charge in [-0.05, 0) is 52.1 Å². The van der Waals surface area contributed by atoms with E-state index in [4.69, 9.17) is 11.6 Å². The second-order valence-electron chi connectivity index (χ2n) is 5.61. The van der Waals surface area contributed by atoms with Gasteiger partial charge < -0.3 is 10.2 Å². The number of carbonyl (C=O) groups excluding carboxylic acids is 1. The minimum Gasteiger partial charge on any atom is -0.354 e. The van der Waals surface area contributed by atoms with E-state index in [1.165, 1.54) is 0 Å². The quantitative estimate of drug-likeness (QED) is 0.870. The van der Waals surface area contributed by atoms with Crippen LogP contribution in [-0.4, -0.2) is 37.0 Å². The first kappa shape index (κ1) is 16.0. The number of hydrogen-bond acceptors (Lipinski definition) is 2. The molecule has 0 unspecified atom stereocenters. The molecule has 0 saturated heterocycles. The molecule has 19 heavy (non-hydrogen) atoms. The number of benzene rings is 1. The zero-order valence-electron chi connectivity index (χ0n) is 12.2. The Balaban J connectivity index is 2.36. The minimum absolute atomic E-state index is 0.0360. The molecule has 1 rings (SSSR count). The SMILES string of the molecule is CN(C)C(C)(C)CNC(=O)CCc1cccc(Cl)c1. The van der Waals surface area contributed by atoms with Gasteiger partial charge in [0.05, 0.1) is 0 Å². The molecule has 1 N–H and O–H groups in total. The number of halogens is 1. The van der Waals surface area contributed by atoms with Crippen LogP contribution in [0.5, 0.6) is 0 Å². The van der Waals surface area contributed by atoms with Gasteiger partial charge in [-0.2, -0.15) is 0 Å². The molecule has 0 aromatic heterocycles. The molecular weight excluding hydrogens is 260 g/mol. The highest BCUT2D eigenvalue weighted by Gasteiger charge is 2.20. The molecule has 0 radical (unpaired) electrons. The summed E-state index contributed by atoms with van der Waals surface area (Å²) in [5, 5.41) is 3.69. The molecule has 0 aliphatic rings. The van der Waals surface area contributed by atoms with Crippen molar-refractivity contribution in [1.29, 1.82) is 0 Å². The number of nitrogens with one attached hydrogen (secondary N) is 1. The van der Waals surface area contributed by atoms with Crippen LogP contribution in [0.3, 0.4) is 0 Å². The van der Waals surface area contributed by atoms with Crippen molar-refractivity contribution < 1.29 is 4.79 Å². The van der Waals surface area contributed by atoms with Crippen LogP contribution in [0.4, 0.5) is 0 Å². The lowest BCUT2D eigenvalue weighted by molar-refractivity contribution is -0.121. The van der Waals surface area contributed by atoms with E-state index >= 15 is 0 Å². The largest absolute Gasteiger partial charge is 0.354 e. The van der Waals surface area contributed by atoms with Gasteiger partial charge in [-0.1, -0.05) is 23.7 Å². The average molecular weight is 283 g/mol. The Morgan fingerprint density at radius 2 is 2.05 bits per heavy atom. The molecule has 0 heterocycles. The van der Waals surface area contributed by atoms with Gasteiger partial charge >= 0.3 is 0 Å². The third-order valence-electron chi connectivity index (χ3n) is 3.46. The second kappa shape index (κ2) is 6.92. The van der Waals surface area contributed by atoms with Gasteiger partial charge in [-0.3, -0.25) is 4.79 Å². The number of carbonyl (C=O) groups is 1. The summed E-state index contributed by atoms with van der Waals surface area (Å²) in [5.41, 5.74) is 1.06. The summed E-state index contributed by atoms with van der Waals surface area (Å²) in [7, 11) is 4.02. The molecule has 3 nitrogen and oxygen atoms in total. The first-order chi connectivity index (χ1) is 8.81. The molecule has 1 amide bonds. The molecule has 0 aliphatic heterocycles. The fourth-order valence-corrected chi connectivity index (χ4v) is 1.72. The van der Waals surface area contributed by atoms with Gasteiger partial charge in [0, 0.05) is 23.5 Å². The fourth-order valence-electron chi connectivity index (χ4n) is 1.51. The first-order valence-corrected chi connectivity index (χ1v) is 6.87. The molecule has 106 valence electrons. The lowest BCUT2D eigenvalue weighted by Gasteiger charge is -2.32. The normalized spacial score (nSPS) is 11.7. The summed E-state index contributed by atoms with van der Waals surface area (Å²) in [5.74, 6) is 0.0786. The third-order valence-corrected chi connectivity index (χ3v) is 3.69. The number of likely N-dealkylation sites (N-methyl/N-ethyl adjacent to an activating group) is 1. The highest BCUT2D eigenvalue weighted by Crippen LogP contribution is 2.12. The van der Waals surface area contributed by atoms with Gasteiger partial charge in [0.15, 0.2) is 0 Å². The summed E-state index contributed by atoms with van der Waals surface area (Å²) in [4.78, 5) is 13.9. The maximum absolute atomic E-state index is 11.8. The Bertz CT molecular complexity index is 430. The van der Waals surface area contributed by atoms with Gasteiger partial charge in [-0.25, -0.2) is 0 Å². The summed E-state index contributed by atoms with van der Waals surface area (Å²) in [6.07, 6.45) is 1.21. The minimum atomic E-state index is -0.0360. The molecular formula is C15H23ClN2O. The van der Waals surface area contributed by atoms with E-state index in [-0.39, 0.29) is 11.4 Å². The van der Waals surface area contributed by atoms with Crippen LogP contribution < -0.4 is 5.32 Å². The van der Waals surface area contributed by atoms with Crippen LogP contribution in [0.1, 0.15) is 25.8 Å². The number of hydrogen-bond donors (Lipinski definition) is 1. The molecule has 0 atom stereocenters. The average Bonchev–Trinajstić information content (AvgIpc) is 2.34. The van der Waals surface area contributed by atoms with Crippen LogP contribution in [0.25, 0.3) is 0 Å². The molecule has 0 bridgehead atoms. The molecule has 0 spiro atoms. The highest BCUT2D eigenvalue weighted by molar-refractivity contribution is 6.30. The molecule has 0 aliphatic carbocycles. The standard InChI is InChI=1S/C15H23ClN2O/c1-15(2,18(3)4)11-17-14(19)9-8-12-6-5-7-13(16)10-12/h5-7,10H,8-9,11H2,1-4H3,(H,17,19). The van der Waals surface area contributed by atoms with Crippen molar-refractivity contribution in [1.82, 2.24) is 10.2 Å². The second-order valence-corrected chi connectivity index (χ2v) is 6.05. The molecule has 1 aromatic carbocycles. The van der Waals surface area contributed by atoms with Crippen molar-refractivity contribution in [3.05, 3.63) is 34.9 Å². The lowest BCUT2D eigenvalue weighted by atomic mass is 10.0. The van der Waals surface area contributed by atoms with Gasteiger partial charge in [0.2, 0.25) is 5.91 Å². The van der Waals surface area contributed by atoms with Gasteiger partial charge in [0.25, 0.3) is 0 Å². The molecule has 1 aromatic rings. The Hall–Kier alpha value is -1.06. The number of aryl methyl sites for hydroxylation is 1. The number of nitrogens with zero attached hydrogens (tertiary/aromatic N) is 1. The summed E-state index contributed by atoms with van der Waals surface area (Å²) < 4.78 is 0. The van der Waals surface area contributed by atoms with Crippen molar-refractivity contribution >= 4 is 17.5 Å². The zero-order chi connectivity index (χ0) is 14.5.